The van der Waals surface area contributed by atoms with Crippen LogP contribution in [0.2, 0.25) is 0 Å². The fourth-order valence-electron chi connectivity index (χ4n) is 2.87. The maximum absolute atomic E-state index is 12.6. The van der Waals surface area contributed by atoms with Crippen LogP contribution in [0.4, 0.5) is 5.69 Å². The van der Waals surface area contributed by atoms with E-state index in [-0.39, 0.29) is 16.8 Å². The van der Waals surface area contributed by atoms with Crippen LogP contribution in [0, 0.1) is 6.92 Å². The summed E-state index contributed by atoms with van der Waals surface area (Å²) < 4.78 is 33.3. The molecule has 0 spiro atoms. The Morgan fingerprint density at radius 1 is 1.14 bits per heavy atom. The molecule has 0 bridgehead atoms. The van der Waals surface area contributed by atoms with Gasteiger partial charge in [-0.1, -0.05) is 0 Å². The summed E-state index contributed by atoms with van der Waals surface area (Å²) in [6, 6.07) is 9.24. The highest BCUT2D eigenvalue weighted by Crippen LogP contribution is 2.29. The van der Waals surface area contributed by atoms with Gasteiger partial charge in [-0.05, 0) is 55.8 Å². The monoisotopic (exact) mass is 422 g/mol. The van der Waals surface area contributed by atoms with Gasteiger partial charge in [-0.2, -0.15) is 0 Å². The molecule has 2 rings (SSSR count). The van der Waals surface area contributed by atoms with Crippen LogP contribution in [0.25, 0.3) is 0 Å². The first-order chi connectivity index (χ1) is 13.6. The van der Waals surface area contributed by atoms with E-state index < -0.39 is 10.0 Å². The SMILES string of the molecule is COc1cc(C)c(C[NH+](C)[C@H](C)C(=O)Nc2ccc(S(N)(=O)=O)cc2)cc1OC. The first-order valence-electron chi connectivity index (χ1n) is 9.04. The highest BCUT2D eigenvalue weighted by molar-refractivity contribution is 7.89. The summed E-state index contributed by atoms with van der Waals surface area (Å²) in [6.45, 7) is 4.44. The molecule has 0 radical (unpaired) electrons. The zero-order valence-electron chi connectivity index (χ0n) is 17.3. The van der Waals surface area contributed by atoms with Crippen molar-refractivity contribution in [2.75, 3.05) is 26.6 Å². The number of hydrogen-bond donors (Lipinski definition) is 3. The van der Waals surface area contributed by atoms with Crippen molar-refractivity contribution in [3.8, 4) is 11.5 Å². The van der Waals surface area contributed by atoms with Gasteiger partial charge >= 0.3 is 0 Å². The number of aryl methyl sites for hydroxylation is 1. The number of carbonyl (C=O) groups is 1. The molecule has 0 heterocycles. The Bertz CT molecular complexity index is 974. The first kappa shape index (κ1) is 22.7. The van der Waals surface area contributed by atoms with Crippen molar-refractivity contribution < 1.29 is 27.6 Å². The van der Waals surface area contributed by atoms with Gasteiger partial charge < -0.3 is 19.7 Å². The molecule has 0 saturated heterocycles. The second kappa shape index (κ2) is 9.25. The molecule has 2 aromatic rings. The Balaban J connectivity index is 2.08. The summed E-state index contributed by atoms with van der Waals surface area (Å²) in [5.74, 6) is 1.14. The van der Waals surface area contributed by atoms with E-state index in [9.17, 15) is 13.2 Å². The number of carbonyl (C=O) groups excluding carboxylic acids is 1. The van der Waals surface area contributed by atoms with Crippen molar-refractivity contribution in [2.24, 2.45) is 5.14 Å². The van der Waals surface area contributed by atoms with Crippen LogP contribution in [-0.2, 0) is 21.4 Å². The first-order valence-corrected chi connectivity index (χ1v) is 10.6. The fourth-order valence-corrected chi connectivity index (χ4v) is 3.38. The number of nitrogens with two attached hydrogens (primary N) is 1. The van der Waals surface area contributed by atoms with Crippen LogP contribution in [-0.4, -0.2) is 41.6 Å². The van der Waals surface area contributed by atoms with Gasteiger partial charge in [0.1, 0.15) is 6.54 Å². The van der Waals surface area contributed by atoms with E-state index in [0.29, 0.717) is 23.7 Å². The van der Waals surface area contributed by atoms with Gasteiger partial charge in [0.05, 0.1) is 26.2 Å². The number of likely N-dealkylation sites (N-methyl/N-ethyl adjacent to an activating group) is 1. The molecule has 158 valence electrons. The van der Waals surface area contributed by atoms with E-state index in [1.165, 1.54) is 24.3 Å². The Labute approximate surface area is 171 Å². The van der Waals surface area contributed by atoms with Gasteiger partial charge in [0.15, 0.2) is 17.5 Å². The third-order valence-electron chi connectivity index (χ3n) is 4.89. The van der Waals surface area contributed by atoms with E-state index in [1.807, 2.05) is 33.0 Å². The molecule has 8 nitrogen and oxygen atoms in total. The van der Waals surface area contributed by atoms with Crippen molar-refractivity contribution in [3.63, 3.8) is 0 Å². The number of nitrogens with one attached hydrogen (secondary N) is 2. The van der Waals surface area contributed by atoms with Crippen molar-refractivity contribution in [2.45, 2.75) is 31.3 Å². The molecule has 29 heavy (non-hydrogen) atoms. The van der Waals surface area contributed by atoms with Gasteiger partial charge in [0.2, 0.25) is 10.0 Å². The third kappa shape index (κ3) is 5.69. The minimum absolute atomic E-state index is 0.00443. The molecule has 4 N–H and O–H groups in total. The number of methoxy groups -OCH3 is 2. The maximum Gasteiger partial charge on any atom is 0.282 e. The number of hydrogen-bond acceptors (Lipinski definition) is 5. The molecule has 0 aromatic heterocycles. The summed E-state index contributed by atoms with van der Waals surface area (Å²) in [7, 11) is 1.35. The number of quaternary nitrogens is 1. The predicted octanol–water partition coefficient (Wildman–Crippen LogP) is 0.702. The average Bonchev–Trinajstić information content (AvgIpc) is 2.68. The molecule has 0 fully saturated rings. The molecule has 9 heteroatoms. The number of benzene rings is 2. The third-order valence-corrected chi connectivity index (χ3v) is 5.82. The van der Waals surface area contributed by atoms with Crippen LogP contribution < -0.4 is 24.8 Å². The van der Waals surface area contributed by atoms with E-state index in [4.69, 9.17) is 14.6 Å². The molecular weight excluding hydrogens is 394 g/mol. The second-order valence-corrected chi connectivity index (χ2v) is 8.50. The number of sulfonamides is 1. The molecular formula is C20H28N3O5S+. The smallest absolute Gasteiger partial charge is 0.282 e. The number of ether oxygens (including phenoxy) is 2. The van der Waals surface area contributed by atoms with Crippen molar-refractivity contribution >= 4 is 21.6 Å². The topological polar surface area (TPSA) is 112 Å². The van der Waals surface area contributed by atoms with Gasteiger partial charge in [0, 0.05) is 11.3 Å². The quantitative estimate of drug-likeness (QED) is 0.580. The van der Waals surface area contributed by atoms with Gasteiger partial charge in [-0.25, -0.2) is 13.6 Å². The summed E-state index contributed by atoms with van der Waals surface area (Å²) in [6.07, 6.45) is 0. The van der Waals surface area contributed by atoms with E-state index in [0.717, 1.165) is 16.0 Å². The predicted molar refractivity (Wildman–Crippen MR) is 111 cm³/mol. The van der Waals surface area contributed by atoms with Gasteiger partial charge in [-0.3, -0.25) is 4.79 Å². The van der Waals surface area contributed by atoms with Crippen LogP contribution in [0.1, 0.15) is 18.1 Å². The average molecular weight is 423 g/mol. The van der Waals surface area contributed by atoms with Crippen molar-refractivity contribution in [1.29, 1.82) is 0 Å². The van der Waals surface area contributed by atoms with Crippen LogP contribution in [0.3, 0.4) is 0 Å². The summed E-state index contributed by atoms with van der Waals surface area (Å²) >= 11 is 0. The minimum Gasteiger partial charge on any atom is -0.493 e. The molecule has 0 aliphatic heterocycles. The van der Waals surface area contributed by atoms with Crippen LogP contribution in [0.5, 0.6) is 11.5 Å². The lowest BCUT2D eigenvalue weighted by Gasteiger charge is -2.22. The lowest BCUT2D eigenvalue weighted by atomic mass is 10.1. The largest absolute Gasteiger partial charge is 0.493 e. The molecule has 0 aliphatic carbocycles. The summed E-state index contributed by atoms with van der Waals surface area (Å²) in [5.41, 5.74) is 2.61. The molecule has 2 aromatic carbocycles. The Morgan fingerprint density at radius 2 is 1.69 bits per heavy atom. The maximum atomic E-state index is 12.6. The Kier molecular flexibility index (Phi) is 7.23. The zero-order valence-corrected chi connectivity index (χ0v) is 18.1. The van der Waals surface area contributed by atoms with Gasteiger partial charge in [-0.15, -0.1) is 0 Å². The summed E-state index contributed by atoms with van der Waals surface area (Å²) in [5, 5.41) is 7.89. The van der Waals surface area contributed by atoms with Crippen molar-refractivity contribution in [3.05, 3.63) is 47.5 Å². The fraction of sp³-hybridized carbons (Fsp3) is 0.350. The van der Waals surface area contributed by atoms with Crippen LogP contribution in [0.15, 0.2) is 41.3 Å². The zero-order chi connectivity index (χ0) is 21.8. The number of anilines is 1. The normalized spacial score (nSPS) is 13.4. The second-order valence-electron chi connectivity index (χ2n) is 6.94. The van der Waals surface area contributed by atoms with E-state index in [1.54, 1.807) is 14.2 Å². The molecule has 1 amide bonds. The molecule has 2 atom stereocenters. The number of amides is 1. The standard InChI is InChI=1S/C20H27N3O5S/c1-13-10-18(27-4)19(28-5)11-15(13)12-23(3)14(2)20(24)22-16-6-8-17(9-7-16)29(21,25)26/h6-11,14H,12H2,1-5H3,(H,22,24)(H2,21,25,26)/p+1/t14-/m1/s1. The Hall–Kier alpha value is -2.62. The van der Waals surface area contributed by atoms with Crippen molar-refractivity contribution in [1.82, 2.24) is 0 Å². The lowest BCUT2D eigenvalue weighted by molar-refractivity contribution is -0.907. The summed E-state index contributed by atoms with van der Waals surface area (Å²) in [4.78, 5) is 13.6. The molecule has 0 aliphatic rings. The molecule has 1 unspecified atom stereocenters. The number of rotatable bonds is 8. The van der Waals surface area contributed by atoms with E-state index in [2.05, 4.69) is 5.32 Å². The van der Waals surface area contributed by atoms with Gasteiger partial charge in [0.25, 0.3) is 5.91 Å². The number of primary sulfonamides is 1. The highest BCUT2D eigenvalue weighted by atomic mass is 32.2. The van der Waals surface area contributed by atoms with E-state index >= 15 is 0 Å². The highest BCUT2D eigenvalue weighted by Gasteiger charge is 2.23. The lowest BCUT2D eigenvalue weighted by Crippen LogP contribution is -3.12. The van der Waals surface area contributed by atoms with Crippen LogP contribution >= 0.6 is 0 Å². The minimum atomic E-state index is -3.76. The Morgan fingerprint density at radius 3 is 2.21 bits per heavy atom. The molecule has 0 saturated carbocycles.